The van der Waals surface area contributed by atoms with E-state index in [1.54, 1.807) is 16.9 Å². The predicted octanol–water partition coefficient (Wildman–Crippen LogP) is 2.56. The molecule has 0 fully saturated rings. The van der Waals surface area contributed by atoms with Crippen molar-refractivity contribution in [2.24, 2.45) is 0 Å². The van der Waals surface area contributed by atoms with Crippen LogP contribution in [0, 0.1) is 0 Å². The van der Waals surface area contributed by atoms with E-state index in [-0.39, 0.29) is 9.92 Å². The number of hydrogen-bond donors (Lipinski definition) is 1. The Bertz CT molecular complexity index is 672. The highest BCUT2D eigenvalue weighted by atomic mass is 35.5. The topological polar surface area (TPSA) is 64.0 Å². The normalized spacial score (nSPS) is 11.7. The van der Waals surface area contributed by atoms with Gasteiger partial charge in [-0.3, -0.25) is 4.68 Å². The molecule has 0 aliphatic carbocycles. The second-order valence-corrected chi connectivity index (χ2v) is 6.67. The zero-order chi connectivity index (χ0) is 14.6. The summed E-state index contributed by atoms with van der Waals surface area (Å²) in [5, 5.41) is 4.51. The molecule has 0 unspecified atom stereocenters. The molecule has 0 amide bonds. The standard InChI is InChI=1S/C12H13Cl2N3O2S/c13-10-3-4-11(14)12(9-10)20(18,19)16-6-2-8-17-7-1-5-15-17/h1,3-5,7,9,16H,2,6,8H2. The molecule has 0 bridgehead atoms. The number of nitrogens with zero attached hydrogens (tertiary/aromatic N) is 2. The van der Waals surface area contributed by atoms with Gasteiger partial charge in [-0.05, 0) is 30.7 Å². The number of aryl methyl sites for hydroxylation is 1. The van der Waals surface area contributed by atoms with Crippen LogP contribution in [0.25, 0.3) is 0 Å². The minimum atomic E-state index is -3.65. The van der Waals surface area contributed by atoms with Gasteiger partial charge in [-0.15, -0.1) is 0 Å². The maximum atomic E-state index is 12.1. The zero-order valence-electron chi connectivity index (χ0n) is 10.5. The van der Waals surface area contributed by atoms with Crippen LogP contribution in [-0.2, 0) is 16.6 Å². The molecule has 20 heavy (non-hydrogen) atoms. The Kier molecular flexibility index (Phi) is 5.04. The molecule has 8 heteroatoms. The van der Waals surface area contributed by atoms with Crippen molar-refractivity contribution in [3.8, 4) is 0 Å². The van der Waals surface area contributed by atoms with Gasteiger partial charge in [0.15, 0.2) is 0 Å². The van der Waals surface area contributed by atoms with Crippen molar-refractivity contribution in [3.05, 3.63) is 46.7 Å². The van der Waals surface area contributed by atoms with E-state index in [2.05, 4.69) is 9.82 Å². The molecule has 0 spiro atoms. The molecule has 0 saturated carbocycles. The summed E-state index contributed by atoms with van der Waals surface area (Å²) in [5.41, 5.74) is 0. The Hall–Kier alpha value is -1.08. The summed E-state index contributed by atoms with van der Waals surface area (Å²) >= 11 is 11.7. The quantitative estimate of drug-likeness (QED) is 0.826. The highest BCUT2D eigenvalue weighted by molar-refractivity contribution is 7.89. The molecule has 0 radical (unpaired) electrons. The predicted molar refractivity (Wildman–Crippen MR) is 78.5 cm³/mol. The van der Waals surface area contributed by atoms with Crippen LogP contribution in [0.5, 0.6) is 0 Å². The Balaban J connectivity index is 1.95. The number of sulfonamides is 1. The molecule has 2 aromatic rings. The van der Waals surface area contributed by atoms with Gasteiger partial charge >= 0.3 is 0 Å². The van der Waals surface area contributed by atoms with Gasteiger partial charge in [0.2, 0.25) is 10.0 Å². The molecule has 0 aliphatic rings. The van der Waals surface area contributed by atoms with Gasteiger partial charge in [0.05, 0.1) is 5.02 Å². The van der Waals surface area contributed by atoms with E-state index >= 15 is 0 Å². The third-order valence-corrected chi connectivity index (χ3v) is 4.78. The molecule has 0 aliphatic heterocycles. The zero-order valence-corrected chi connectivity index (χ0v) is 12.8. The summed E-state index contributed by atoms with van der Waals surface area (Å²) in [7, 11) is -3.65. The first-order chi connectivity index (χ1) is 9.49. The second kappa shape index (κ2) is 6.58. The average molecular weight is 334 g/mol. The van der Waals surface area contributed by atoms with Gasteiger partial charge in [0.1, 0.15) is 4.90 Å². The molecular formula is C12H13Cl2N3O2S. The first-order valence-corrected chi connectivity index (χ1v) is 8.15. The Morgan fingerprint density at radius 1 is 1.30 bits per heavy atom. The average Bonchev–Trinajstić information content (AvgIpc) is 2.90. The fourth-order valence-corrected chi connectivity index (χ4v) is 3.48. The highest BCUT2D eigenvalue weighted by Crippen LogP contribution is 2.24. The summed E-state index contributed by atoms with van der Waals surface area (Å²) in [4.78, 5) is -0.00856. The molecule has 1 aromatic heterocycles. The smallest absolute Gasteiger partial charge is 0.242 e. The molecule has 1 heterocycles. The Morgan fingerprint density at radius 2 is 2.10 bits per heavy atom. The second-order valence-electron chi connectivity index (χ2n) is 4.10. The van der Waals surface area contributed by atoms with Crippen LogP contribution < -0.4 is 4.72 Å². The summed E-state index contributed by atoms with van der Waals surface area (Å²) in [6, 6.07) is 6.15. The number of nitrogens with one attached hydrogen (secondary N) is 1. The van der Waals surface area contributed by atoms with Crippen LogP contribution >= 0.6 is 23.2 Å². The molecule has 2 rings (SSSR count). The lowest BCUT2D eigenvalue weighted by Gasteiger charge is -2.08. The lowest BCUT2D eigenvalue weighted by Crippen LogP contribution is -2.26. The lowest BCUT2D eigenvalue weighted by molar-refractivity contribution is 0.553. The van der Waals surface area contributed by atoms with Crippen LogP contribution in [0.1, 0.15) is 6.42 Å². The van der Waals surface area contributed by atoms with Crippen molar-refractivity contribution in [2.75, 3.05) is 6.54 Å². The van der Waals surface area contributed by atoms with E-state index in [9.17, 15) is 8.42 Å². The van der Waals surface area contributed by atoms with E-state index < -0.39 is 10.0 Å². The van der Waals surface area contributed by atoms with Crippen LogP contribution in [0.2, 0.25) is 10.0 Å². The van der Waals surface area contributed by atoms with Crippen molar-refractivity contribution < 1.29 is 8.42 Å². The molecule has 1 aromatic carbocycles. The van der Waals surface area contributed by atoms with Gasteiger partial charge in [-0.25, -0.2) is 13.1 Å². The summed E-state index contributed by atoms with van der Waals surface area (Å²) in [6.45, 7) is 0.934. The number of hydrogen-bond acceptors (Lipinski definition) is 3. The van der Waals surface area contributed by atoms with E-state index in [4.69, 9.17) is 23.2 Å². The fourth-order valence-electron chi connectivity index (χ4n) is 1.64. The van der Waals surface area contributed by atoms with Crippen LogP contribution in [-0.4, -0.2) is 24.7 Å². The molecule has 0 atom stereocenters. The lowest BCUT2D eigenvalue weighted by atomic mass is 10.4. The summed E-state index contributed by atoms with van der Waals surface area (Å²) < 4.78 is 28.4. The van der Waals surface area contributed by atoms with Gasteiger partial charge in [-0.2, -0.15) is 5.10 Å². The fraction of sp³-hybridized carbons (Fsp3) is 0.250. The molecular weight excluding hydrogens is 321 g/mol. The minimum Gasteiger partial charge on any atom is -0.273 e. The first-order valence-electron chi connectivity index (χ1n) is 5.91. The third-order valence-electron chi connectivity index (χ3n) is 2.60. The van der Waals surface area contributed by atoms with Crippen molar-refractivity contribution in [2.45, 2.75) is 17.9 Å². The Labute approximate surface area is 127 Å². The largest absolute Gasteiger partial charge is 0.273 e. The van der Waals surface area contributed by atoms with E-state index in [0.29, 0.717) is 24.5 Å². The van der Waals surface area contributed by atoms with Crippen LogP contribution in [0.15, 0.2) is 41.6 Å². The number of halogens is 2. The monoisotopic (exact) mass is 333 g/mol. The summed E-state index contributed by atoms with van der Waals surface area (Å²) in [6.07, 6.45) is 4.12. The van der Waals surface area contributed by atoms with Gasteiger partial charge in [-0.1, -0.05) is 23.2 Å². The summed E-state index contributed by atoms with van der Waals surface area (Å²) in [5.74, 6) is 0. The van der Waals surface area contributed by atoms with Crippen molar-refractivity contribution in [3.63, 3.8) is 0 Å². The molecule has 1 N–H and O–H groups in total. The first kappa shape index (κ1) is 15.3. The molecule has 108 valence electrons. The third kappa shape index (κ3) is 3.96. The highest BCUT2D eigenvalue weighted by Gasteiger charge is 2.17. The van der Waals surface area contributed by atoms with Gasteiger partial charge in [0, 0.05) is 30.5 Å². The van der Waals surface area contributed by atoms with E-state index in [0.717, 1.165) is 0 Å². The van der Waals surface area contributed by atoms with Gasteiger partial charge in [0.25, 0.3) is 0 Å². The number of aromatic nitrogens is 2. The Morgan fingerprint density at radius 3 is 2.80 bits per heavy atom. The SMILES string of the molecule is O=S(=O)(NCCCn1cccn1)c1cc(Cl)ccc1Cl. The van der Waals surface area contributed by atoms with Crippen molar-refractivity contribution in [1.82, 2.24) is 14.5 Å². The van der Waals surface area contributed by atoms with Gasteiger partial charge < -0.3 is 0 Å². The van der Waals surface area contributed by atoms with E-state index in [1.165, 1.54) is 12.1 Å². The number of benzene rings is 1. The van der Waals surface area contributed by atoms with E-state index in [1.807, 2.05) is 12.3 Å². The maximum Gasteiger partial charge on any atom is 0.242 e. The van der Waals surface area contributed by atoms with Crippen molar-refractivity contribution in [1.29, 1.82) is 0 Å². The van der Waals surface area contributed by atoms with Crippen LogP contribution in [0.3, 0.4) is 0 Å². The van der Waals surface area contributed by atoms with Crippen LogP contribution in [0.4, 0.5) is 0 Å². The maximum absolute atomic E-state index is 12.1. The molecule has 5 nitrogen and oxygen atoms in total. The van der Waals surface area contributed by atoms with Crippen molar-refractivity contribution >= 4 is 33.2 Å². The number of rotatable bonds is 6. The minimum absolute atomic E-state index is 0.00856. The molecule has 0 saturated heterocycles.